The second kappa shape index (κ2) is 4.20. The van der Waals surface area contributed by atoms with Gasteiger partial charge in [0.1, 0.15) is 0 Å². The third-order valence-electron chi connectivity index (χ3n) is 2.76. The van der Waals surface area contributed by atoms with Crippen molar-refractivity contribution >= 4 is 20.9 Å². The maximum atomic E-state index is 11.6. The van der Waals surface area contributed by atoms with E-state index in [0.717, 1.165) is 17.4 Å². The lowest BCUT2D eigenvalue weighted by atomic mass is 10.1. The number of aromatic nitrogens is 2. The number of benzene rings is 1. The van der Waals surface area contributed by atoms with Gasteiger partial charge in [0.2, 0.25) is 5.03 Å². The van der Waals surface area contributed by atoms with Crippen LogP contribution in [0.2, 0.25) is 0 Å². The van der Waals surface area contributed by atoms with E-state index in [1.807, 2.05) is 26.0 Å². The van der Waals surface area contributed by atoms with Crippen LogP contribution in [0.3, 0.4) is 0 Å². The molecule has 0 radical (unpaired) electrons. The van der Waals surface area contributed by atoms with Crippen molar-refractivity contribution in [2.45, 2.75) is 18.9 Å². The minimum Gasteiger partial charge on any atom is -0.479 e. The maximum absolute atomic E-state index is 11.6. The fraction of sp³-hybridized carbons (Fsp3) is 0.333. The minimum absolute atomic E-state index is 0.0354. The van der Waals surface area contributed by atoms with Crippen molar-refractivity contribution in [3.8, 4) is 5.88 Å². The smallest absolute Gasteiger partial charge is 0.252 e. The van der Waals surface area contributed by atoms with Crippen molar-refractivity contribution < 1.29 is 13.2 Å². The number of sulfone groups is 1. The lowest BCUT2D eigenvalue weighted by Crippen LogP contribution is -2.06. The Morgan fingerprint density at radius 1 is 1.06 bits per heavy atom. The van der Waals surface area contributed by atoms with Gasteiger partial charge in [-0.25, -0.2) is 18.4 Å². The summed E-state index contributed by atoms with van der Waals surface area (Å²) in [6, 6.07) is 3.69. The predicted octanol–water partition coefficient (Wildman–Crippen LogP) is 1.66. The molecular weight excluding hydrogens is 252 g/mol. The Labute approximate surface area is 106 Å². The zero-order valence-electron chi connectivity index (χ0n) is 10.7. The summed E-state index contributed by atoms with van der Waals surface area (Å²) < 4.78 is 28.2. The lowest BCUT2D eigenvalue weighted by Gasteiger charge is -2.08. The van der Waals surface area contributed by atoms with E-state index in [-0.39, 0.29) is 10.9 Å². The van der Waals surface area contributed by atoms with Crippen molar-refractivity contribution in [2.24, 2.45) is 0 Å². The molecule has 5 nitrogen and oxygen atoms in total. The summed E-state index contributed by atoms with van der Waals surface area (Å²) in [7, 11) is -2.08. The highest BCUT2D eigenvalue weighted by molar-refractivity contribution is 7.90. The van der Waals surface area contributed by atoms with Crippen LogP contribution in [0, 0.1) is 13.8 Å². The minimum atomic E-state index is -3.46. The van der Waals surface area contributed by atoms with Gasteiger partial charge in [-0.3, -0.25) is 0 Å². The van der Waals surface area contributed by atoms with Gasteiger partial charge in [0.15, 0.2) is 9.84 Å². The average molecular weight is 266 g/mol. The molecule has 0 amide bonds. The van der Waals surface area contributed by atoms with Gasteiger partial charge in [0.05, 0.1) is 18.1 Å². The molecule has 0 saturated heterocycles. The summed E-state index contributed by atoms with van der Waals surface area (Å²) in [5, 5.41) is -0.124. The Kier molecular flexibility index (Phi) is 2.98. The molecule has 0 atom stereocenters. The monoisotopic (exact) mass is 266 g/mol. The first-order chi connectivity index (χ1) is 8.32. The zero-order chi connectivity index (χ0) is 13.5. The number of hydrogen-bond donors (Lipinski definition) is 0. The molecule has 18 heavy (non-hydrogen) atoms. The van der Waals surface area contributed by atoms with Crippen LogP contribution in [0.1, 0.15) is 11.1 Å². The molecule has 6 heteroatoms. The van der Waals surface area contributed by atoms with Crippen LogP contribution in [-0.4, -0.2) is 31.8 Å². The van der Waals surface area contributed by atoms with E-state index >= 15 is 0 Å². The molecule has 0 unspecified atom stereocenters. The Morgan fingerprint density at radius 2 is 1.56 bits per heavy atom. The maximum Gasteiger partial charge on any atom is 0.252 e. The summed E-state index contributed by atoms with van der Waals surface area (Å²) in [6.07, 6.45) is 1.09. The highest BCUT2D eigenvalue weighted by Crippen LogP contribution is 2.24. The van der Waals surface area contributed by atoms with E-state index in [4.69, 9.17) is 4.74 Å². The fourth-order valence-corrected chi connectivity index (χ4v) is 2.36. The number of rotatable bonds is 2. The van der Waals surface area contributed by atoms with Gasteiger partial charge >= 0.3 is 0 Å². The molecular formula is C12H14N2O3S. The molecule has 0 saturated carbocycles. The molecule has 1 aromatic heterocycles. The summed E-state index contributed by atoms with van der Waals surface area (Å²) in [4.78, 5) is 8.34. The van der Waals surface area contributed by atoms with Crippen molar-refractivity contribution in [2.75, 3.05) is 13.4 Å². The standard InChI is InChI=1S/C12H14N2O3S/c1-7-5-9-10(6-8(7)2)14-12(18(4,15)16)11(13-9)17-3/h5-6H,1-4H3. The highest BCUT2D eigenvalue weighted by Gasteiger charge is 2.19. The van der Waals surface area contributed by atoms with Gasteiger partial charge in [0.25, 0.3) is 5.88 Å². The Balaban J connectivity index is 2.86. The van der Waals surface area contributed by atoms with Gasteiger partial charge in [-0.1, -0.05) is 0 Å². The van der Waals surface area contributed by atoms with Crippen molar-refractivity contribution in [3.63, 3.8) is 0 Å². The summed E-state index contributed by atoms with van der Waals surface area (Å²) in [5.74, 6) is 0.0354. The third kappa shape index (κ3) is 2.15. The summed E-state index contributed by atoms with van der Waals surface area (Å²) in [6.45, 7) is 3.91. The van der Waals surface area contributed by atoms with E-state index in [0.29, 0.717) is 11.0 Å². The number of aryl methyl sites for hydroxylation is 2. The number of methoxy groups -OCH3 is 1. The second-order valence-corrected chi connectivity index (χ2v) is 6.17. The number of nitrogens with zero attached hydrogens (tertiary/aromatic N) is 2. The molecule has 96 valence electrons. The molecule has 0 spiro atoms. The lowest BCUT2D eigenvalue weighted by molar-refractivity contribution is 0.383. The van der Waals surface area contributed by atoms with E-state index in [9.17, 15) is 8.42 Å². The van der Waals surface area contributed by atoms with E-state index in [1.165, 1.54) is 7.11 Å². The normalized spacial score (nSPS) is 11.8. The summed E-state index contributed by atoms with van der Waals surface area (Å²) >= 11 is 0. The number of fused-ring (bicyclic) bond motifs is 1. The first-order valence-electron chi connectivity index (χ1n) is 5.36. The van der Waals surface area contributed by atoms with Crippen LogP contribution in [-0.2, 0) is 9.84 Å². The second-order valence-electron chi connectivity index (χ2n) is 4.24. The molecule has 0 fully saturated rings. The molecule has 1 heterocycles. The third-order valence-corrected chi connectivity index (χ3v) is 3.73. The Bertz CT molecular complexity index is 724. The number of ether oxygens (including phenoxy) is 1. The first kappa shape index (κ1) is 12.8. The summed E-state index contributed by atoms with van der Waals surface area (Å²) in [5.41, 5.74) is 3.30. The fourth-order valence-electron chi connectivity index (χ4n) is 1.65. The molecule has 0 bridgehead atoms. The van der Waals surface area contributed by atoms with Crippen LogP contribution in [0.4, 0.5) is 0 Å². The van der Waals surface area contributed by atoms with Crippen molar-refractivity contribution in [1.29, 1.82) is 0 Å². The van der Waals surface area contributed by atoms with Crippen LogP contribution in [0.5, 0.6) is 5.88 Å². The molecule has 0 aliphatic rings. The van der Waals surface area contributed by atoms with Crippen LogP contribution in [0.25, 0.3) is 11.0 Å². The van der Waals surface area contributed by atoms with E-state index < -0.39 is 9.84 Å². The molecule has 2 rings (SSSR count). The first-order valence-corrected chi connectivity index (χ1v) is 7.25. The van der Waals surface area contributed by atoms with Gasteiger partial charge in [-0.05, 0) is 37.1 Å². The molecule has 2 aromatic rings. The molecule has 0 N–H and O–H groups in total. The topological polar surface area (TPSA) is 69.2 Å². The number of hydrogen-bond acceptors (Lipinski definition) is 5. The quantitative estimate of drug-likeness (QED) is 0.826. The largest absolute Gasteiger partial charge is 0.479 e. The van der Waals surface area contributed by atoms with E-state index in [1.54, 1.807) is 0 Å². The SMILES string of the molecule is COc1nc2cc(C)c(C)cc2nc1S(C)(=O)=O. The van der Waals surface area contributed by atoms with Crippen LogP contribution in [0.15, 0.2) is 17.2 Å². The van der Waals surface area contributed by atoms with Crippen molar-refractivity contribution in [1.82, 2.24) is 9.97 Å². The van der Waals surface area contributed by atoms with Crippen molar-refractivity contribution in [3.05, 3.63) is 23.3 Å². The van der Waals surface area contributed by atoms with Gasteiger partial charge in [-0.2, -0.15) is 0 Å². The highest BCUT2D eigenvalue weighted by atomic mass is 32.2. The zero-order valence-corrected chi connectivity index (χ0v) is 11.5. The van der Waals surface area contributed by atoms with Gasteiger partial charge in [0, 0.05) is 6.26 Å². The molecule has 1 aromatic carbocycles. The molecule has 0 aliphatic heterocycles. The van der Waals surface area contributed by atoms with Gasteiger partial charge < -0.3 is 4.74 Å². The Morgan fingerprint density at radius 3 is 2.00 bits per heavy atom. The van der Waals surface area contributed by atoms with Gasteiger partial charge in [-0.15, -0.1) is 0 Å². The van der Waals surface area contributed by atoms with Crippen LogP contribution >= 0.6 is 0 Å². The Hall–Kier alpha value is -1.69. The average Bonchev–Trinajstić information content (AvgIpc) is 2.28. The molecule has 0 aliphatic carbocycles. The predicted molar refractivity (Wildman–Crippen MR) is 68.7 cm³/mol. The van der Waals surface area contributed by atoms with E-state index in [2.05, 4.69) is 9.97 Å². The van der Waals surface area contributed by atoms with Crippen LogP contribution < -0.4 is 4.74 Å².